The van der Waals surface area contributed by atoms with Crippen LogP contribution in [0, 0.1) is 0 Å². The van der Waals surface area contributed by atoms with Crippen molar-refractivity contribution >= 4 is 25.3 Å². The van der Waals surface area contributed by atoms with E-state index in [1.165, 1.54) is 19.2 Å². The summed E-state index contributed by atoms with van der Waals surface area (Å²) in [5.41, 5.74) is 4.56. The zero-order chi connectivity index (χ0) is 15.7. The third-order valence-electron chi connectivity index (χ3n) is 3.04. The summed E-state index contributed by atoms with van der Waals surface area (Å²) in [5.74, 6) is -0.00931. The molecular formula is C10H15FN3O5PS. The summed E-state index contributed by atoms with van der Waals surface area (Å²) in [6.07, 6.45) is -5.43. The van der Waals surface area contributed by atoms with E-state index in [0.29, 0.717) is 0 Å². The molecule has 2 rings (SSSR count). The van der Waals surface area contributed by atoms with E-state index in [-0.39, 0.29) is 5.82 Å². The second-order valence-corrected chi connectivity index (χ2v) is 6.43. The van der Waals surface area contributed by atoms with Crippen LogP contribution < -0.4 is 11.4 Å². The first-order chi connectivity index (χ1) is 9.81. The number of nitrogens with two attached hydrogens (primary N) is 1. The molecule has 1 aromatic rings. The molecule has 1 aromatic heterocycles. The van der Waals surface area contributed by atoms with Crippen molar-refractivity contribution in [1.82, 2.24) is 9.55 Å². The summed E-state index contributed by atoms with van der Waals surface area (Å²) in [4.78, 5) is 15.2. The molecule has 3 unspecified atom stereocenters. The molecule has 0 bridgehead atoms. The van der Waals surface area contributed by atoms with Crippen molar-refractivity contribution in [1.29, 1.82) is 0 Å². The van der Waals surface area contributed by atoms with E-state index >= 15 is 0 Å². The van der Waals surface area contributed by atoms with Crippen LogP contribution in [0.5, 0.6) is 0 Å². The van der Waals surface area contributed by atoms with Gasteiger partial charge in [0.05, 0.1) is 6.10 Å². The van der Waals surface area contributed by atoms with Gasteiger partial charge >= 0.3 is 5.69 Å². The molecule has 21 heavy (non-hydrogen) atoms. The maximum absolute atomic E-state index is 14.5. The SMILES string of the molecule is C[C@H](O)[C@H]1O[C@@H](n2ccc(N)nc2=O)C(F)C1O[PH](=O)S. The fourth-order valence-corrected chi connectivity index (χ4v) is 2.99. The minimum atomic E-state index is -2.75. The van der Waals surface area contributed by atoms with Crippen LogP contribution in [0.2, 0.25) is 0 Å². The summed E-state index contributed by atoms with van der Waals surface area (Å²) < 4.78 is 36.7. The quantitative estimate of drug-likeness (QED) is 0.528. The van der Waals surface area contributed by atoms with Crippen LogP contribution in [-0.2, 0) is 13.8 Å². The first kappa shape index (κ1) is 16.4. The Morgan fingerprint density at radius 1 is 1.71 bits per heavy atom. The van der Waals surface area contributed by atoms with Gasteiger partial charge in [-0.05, 0) is 13.0 Å². The third kappa shape index (κ3) is 3.46. The highest BCUT2D eigenvalue weighted by Crippen LogP contribution is 2.41. The number of ether oxygens (including phenoxy) is 1. The average Bonchev–Trinajstić information content (AvgIpc) is 2.67. The number of aromatic nitrogens is 2. The molecule has 1 aliphatic rings. The van der Waals surface area contributed by atoms with E-state index in [4.69, 9.17) is 15.0 Å². The van der Waals surface area contributed by atoms with Gasteiger partial charge in [0, 0.05) is 6.20 Å². The van der Waals surface area contributed by atoms with E-state index in [9.17, 15) is 18.9 Å². The van der Waals surface area contributed by atoms with Crippen molar-refractivity contribution in [2.45, 2.75) is 37.6 Å². The van der Waals surface area contributed by atoms with E-state index in [1.807, 2.05) is 0 Å². The number of alkyl halides is 1. The van der Waals surface area contributed by atoms with E-state index in [0.717, 1.165) is 4.57 Å². The van der Waals surface area contributed by atoms with Gasteiger partial charge in [-0.1, -0.05) is 12.2 Å². The first-order valence-corrected chi connectivity index (χ1v) is 8.63. The molecule has 6 atom stereocenters. The van der Waals surface area contributed by atoms with Gasteiger partial charge in [-0.25, -0.2) is 9.18 Å². The summed E-state index contributed by atoms with van der Waals surface area (Å²) in [7, 11) is -2.75. The molecule has 0 aliphatic carbocycles. The van der Waals surface area contributed by atoms with Gasteiger partial charge in [0.25, 0.3) is 0 Å². The zero-order valence-corrected chi connectivity index (χ0v) is 12.8. The topological polar surface area (TPSA) is 117 Å². The number of hydrogen-bond acceptors (Lipinski definition) is 7. The lowest BCUT2D eigenvalue weighted by molar-refractivity contribution is -0.0747. The summed E-state index contributed by atoms with van der Waals surface area (Å²) in [6.45, 7) is 1.37. The van der Waals surface area contributed by atoms with Gasteiger partial charge < -0.3 is 20.1 Å². The molecule has 0 spiro atoms. The lowest BCUT2D eigenvalue weighted by atomic mass is 10.1. The molecule has 3 N–H and O–H groups in total. The minimum Gasteiger partial charge on any atom is -0.391 e. The Kier molecular flexibility index (Phi) is 5.05. The highest BCUT2D eigenvalue weighted by atomic mass is 32.7. The number of aliphatic hydroxyl groups is 1. The highest BCUT2D eigenvalue weighted by Gasteiger charge is 2.49. The van der Waals surface area contributed by atoms with Crippen LogP contribution in [0.25, 0.3) is 0 Å². The second-order valence-electron chi connectivity index (χ2n) is 4.57. The van der Waals surface area contributed by atoms with Crippen molar-refractivity contribution in [3.8, 4) is 0 Å². The molecular weight excluding hydrogens is 324 g/mol. The molecule has 0 amide bonds. The Hall–Kier alpha value is -0.930. The number of rotatable bonds is 4. The Morgan fingerprint density at radius 3 is 2.90 bits per heavy atom. The molecule has 0 radical (unpaired) electrons. The zero-order valence-electron chi connectivity index (χ0n) is 10.9. The van der Waals surface area contributed by atoms with Crippen molar-refractivity contribution in [3.05, 3.63) is 22.7 Å². The Morgan fingerprint density at radius 2 is 2.38 bits per heavy atom. The first-order valence-electron chi connectivity index (χ1n) is 6.03. The maximum atomic E-state index is 14.5. The summed E-state index contributed by atoms with van der Waals surface area (Å²) in [5, 5.41) is 9.62. The average molecular weight is 339 g/mol. The van der Waals surface area contributed by atoms with Crippen molar-refractivity contribution in [2.75, 3.05) is 5.73 Å². The Bertz CT molecular complexity index is 600. The predicted octanol–water partition coefficient (Wildman–Crippen LogP) is 0.146. The van der Waals surface area contributed by atoms with E-state index in [1.54, 1.807) is 0 Å². The van der Waals surface area contributed by atoms with Crippen LogP contribution in [0.4, 0.5) is 10.2 Å². The van der Waals surface area contributed by atoms with Crippen molar-refractivity contribution in [2.24, 2.45) is 0 Å². The van der Waals surface area contributed by atoms with Gasteiger partial charge in [0.1, 0.15) is 18.0 Å². The van der Waals surface area contributed by atoms with Crippen molar-refractivity contribution < 1.29 is 23.3 Å². The summed E-state index contributed by atoms with van der Waals surface area (Å²) >= 11 is 3.60. The third-order valence-corrected chi connectivity index (χ3v) is 3.83. The minimum absolute atomic E-state index is 0.00931. The molecule has 11 heteroatoms. The molecule has 118 valence electrons. The molecule has 1 saturated heterocycles. The Balaban J connectivity index is 2.33. The van der Waals surface area contributed by atoms with Crippen LogP contribution in [0.3, 0.4) is 0 Å². The number of halogens is 1. The molecule has 1 fully saturated rings. The Labute approximate surface area is 125 Å². The highest BCUT2D eigenvalue weighted by molar-refractivity contribution is 8.39. The standard InChI is InChI=1S/C10H15FN3O5PS/c1-4(15)7-8(19-20(17)21)6(11)9(18-7)14-3-2-5(12)13-10(14)16/h2-4,6-9,15,20H,1H3,(H,17,21)(H2,12,13,16)/t4-,6?,7+,8?,9+/m0/s1. The number of nitrogens with zero attached hydrogens (tertiary/aromatic N) is 2. The number of hydrogen-bond donors (Lipinski definition) is 3. The number of aliphatic hydroxyl groups excluding tert-OH is 1. The van der Waals surface area contributed by atoms with Gasteiger partial charge in [0.15, 0.2) is 12.4 Å². The lowest BCUT2D eigenvalue weighted by Gasteiger charge is -2.20. The largest absolute Gasteiger partial charge is 0.391 e. The molecule has 2 heterocycles. The monoisotopic (exact) mass is 339 g/mol. The second kappa shape index (κ2) is 6.45. The van der Waals surface area contributed by atoms with Crippen LogP contribution >= 0.6 is 19.5 Å². The number of anilines is 1. The van der Waals surface area contributed by atoms with Crippen LogP contribution in [0.15, 0.2) is 17.1 Å². The van der Waals surface area contributed by atoms with Gasteiger partial charge in [-0.2, -0.15) is 4.98 Å². The fourth-order valence-electron chi connectivity index (χ4n) is 2.13. The van der Waals surface area contributed by atoms with E-state index < -0.39 is 43.6 Å². The molecule has 0 aromatic carbocycles. The summed E-state index contributed by atoms with van der Waals surface area (Å²) in [6, 6.07) is 1.31. The predicted molar refractivity (Wildman–Crippen MR) is 76.3 cm³/mol. The smallest absolute Gasteiger partial charge is 0.351 e. The number of thiol groups is 1. The maximum Gasteiger partial charge on any atom is 0.351 e. The van der Waals surface area contributed by atoms with Crippen LogP contribution in [0.1, 0.15) is 13.2 Å². The fraction of sp³-hybridized carbons (Fsp3) is 0.600. The lowest BCUT2D eigenvalue weighted by Crippen LogP contribution is -2.37. The van der Waals surface area contributed by atoms with Crippen molar-refractivity contribution in [3.63, 3.8) is 0 Å². The normalized spacial score (nSPS) is 32.0. The number of nitrogen functional groups attached to an aromatic ring is 1. The van der Waals surface area contributed by atoms with Gasteiger partial charge in [0.2, 0.25) is 7.23 Å². The molecule has 1 aliphatic heterocycles. The van der Waals surface area contributed by atoms with Gasteiger partial charge in [-0.15, -0.1) is 0 Å². The molecule has 0 saturated carbocycles. The van der Waals surface area contributed by atoms with Crippen LogP contribution in [-0.4, -0.2) is 39.1 Å². The van der Waals surface area contributed by atoms with E-state index in [2.05, 4.69) is 17.2 Å². The van der Waals surface area contributed by atoms with Gasteiger partial charge in [-0.3, -0.25) is 9.13 Å². The molecule has 8 nitrogen and oxygen atoms in total.